The van der Waals surface area contributed by atoms with E-state index in [0.29, 0.717) is 11.3 Å². The summed E-state index contributed by atoms with van der Waals surface area (Å²) in [5, 5.41) is 27.8. The summed E-state index contributed by atoms with van der Waals surface area (Å²) in [4.78, 5) is 7.69. The van der Waals surface area contributed by atoms with Crippen LogP contribution in [-0.4, -0.2) is 25.3 Å². The lowest BCUT2D eigenvalue weighted by molar-refractivity contribution is -0.0424. The summed E-state index contributed by atoms with van der Waals surface area (Å²) in [6, 6.07) is 5.77. The minimum absolute atomic E-state index is 0.0208. The first-order valence-electron chi connectivity index (χ1n) is 4.86. The maximum absolute atomic E-state index is 9.70. The summed E-state index contributed by atoms with van der Waals surface area (Å²) < 4.78 is 0. The first kappa shape index (κ1) is 11.3. The third kappa shape index (κ3) is 2.32. The van der Waals surface area contributed by atoms with Crippen LogP contribution in [-0.2, 0) is 0 Å². The molecule has 0 atom stereocenters. The third-order valence-corrected chi connectivity index (χ3v) is 2.27. The summed E-state index contributed by atoms with van der Waals surface area (Å²) in [6.07, 6.45) is -0.146. The van der Waals surface area contributed by atoms with Crippen LogP contribution in [0, 0.1) is 0 Å². The highest BCUT2D eigenvalue weighted by molar-refractivity contribution is 5.68. The Bertz CT molecular complexity index is 543. The number of anilines is 1. The van der Waals surface area contributed by atoms with Gasteiger partial charge in [-0.2, -0.15) is 0 Å². The van der Waals surface area contributed by atoms with Gasteiger partial charge in [-0.1, -0.05) is 6.07 Å². The SMILES string of the molecule is Nc1nccc(-c2cc(C(O)O)ccc2O)n1. The van der Waals surface area contributed by atoms with Gasteiger partial charge in [0, 0.05) is 17.3 Å². The van der Waals surface area contributed by atoms with E-state index in [0.717, 1.165) is 0 Å². The number of hydrogen-bond acceptors (Lipinski definition) is 6. The van der Waals surface area contributed by atoms with Gasteiger partial charge in [-0.15, -0.1) is 0 Å². The number of nitrogens with zero attached hydrogens (tertiary/aromatic N) is 2. The number of aromatic nitrogens is 2. The number of aliphatic hydroxyl groups is 2. The average molecular weight is 233 g/mol. The van der Waals surface area contributed by atoms with E-state index in [2.05, 4.69) is 9.97 Å². The Kier molecular flexibility index (Phi) is 2.90. The molecular weight excluding hydrogens is 222 g/mol. The van der Waals surface area contributed by atoms with Crippen LogP contribution in [0.5, 0.6) is 5.75 Å². The lowest BCUT2D eigenvalue weighted by Gasteiger charge is -2.08. The standard InChI is InChI=1S/C11H11N3O3/c12-11-13-4-3-8(14-11)7-5-6(10(16)17)1-2-9(7)15/h1-5,10,15-17H,(H2,12,13,14). The largest absolute Gasteiger partial charge is 0.507 e. The predicted molar refractivity (Wildman–Crippen MR) is 60.7 cm³/mol. The molecule has 0 saturated carbocycles. The van der Waals surface area contributed by atoms with Crippen molar-refractivity contribution in [2.45, 2.75) is 6.29 Å². The van der Waals surface area contributed by atoms with E-state index in [9.17, 15) is 5.11 Å². The summed E-state index contributed by atoms with van der Waals surface area (Å²) in [7, 11) is 0. The Labute approximate surface area is 97.0 Å². The summed E-state index contributed by atoms with van der Waals surface area (Å²) in [6.45, 7) is 0. The van der Waals surface area contributed by atoms with Gasteiger partial charge in [0.1, 0.15) is 5.75 Å². The van der Waals surface area contributed by atoms with E-state index in [1.807, 2.05) is 0 Å². The molecule has 0 radical (unpaired) electrons. The Hall–Kier alpha value is -2.18. The molecule has 0 unspecified atom stereocenters. The van der Waals surface area contributed by atoms with Crippen molar-refractivity contribution in [2.24, 2.45) is 0 Å². The average Bonchev–Trinajstić information content (AvgIpc) is 2.29. The molecule has 2 rings (SSSR count). The minimum atomic E-state index is -1.60. The molecule has 6 nitrogen and oxygen atoms in total. The van der Waals surface area contributed by atoms with Gasteiger partial charge in [0.2, 0.25) is 5.95 Å². The number of aliphatic hydroxyl groups excluding tert-OH is 1. The predicted octanol–water partition coefficient (Wildman–Crippen LogP) is 0.415. The van der Waals surface area contributed by atoms with Gasteiger partial charge in [0.15, 0.2) is 6.29 Å². The minimum Gasteiger partial charge on any atom is -0.507 e. The second-order valence-corrected chi connectivity index (χ2v) is 3.45. The quantitative estimate of drug-likeness (QED) is 0.559. The van der Waals surface area contributed by atoms with Gasteiger partial charge >= 0.3 is 0 Å². The van der Waals surface area contributed by atoms with E-state index in [1.165, 1.54) is 24.4 Å². The molecule has 0 bridgehead atoms. The lowest BCUT2D eigenvalue weighted by atomic mass is 10.1. The lowest BCUT2D eigenvalue weighted by Crippen LogP contribution is -1.98. The molecule has 0 aliphatic heterocycles. The van der Waals surface area contributed by atoms with Crippen LogP contribution in [0.3, 0.4) is 0 Å². The number of phenols is 1. The number of nitrogens with two attached hydrogens (primary N) is 1. The second kappa shape index (κ2) is 4.36. The smallest absolute Gasteiger partial charge is 0.220 e. The van der Waals surface area contributed by atoms with E-state index in [-0.39, 0.29) is 17.3 Å². The fraction of sp³-hybridized carbons (Fsp3) is 0.0909. The summed E-state index contributed by atoms with van der Waals surface area (Å²) in [5.41, 5.74) is 6.48. The number of nitrogen functional groups attached to an aromatic ring is 1. The van der Waals surface area contributed by atoms with Crippen molar-refractivity contribution in [2.75, 3.05) is 5.73 Å². The molecule has 17 heavy (non-hydrogen) atoms. The molecule has 2 aromatic rings. The summed E-state index contributed by atoms with van der Waals surface area (Å²) >= 11 is 0. The van der Waals surface area contributed by atoms with Crippen LogP contribution < -0.4 is 5.73 Å². The van der Waals surface area contributed by atoms with Crippen LogP contribution in [0.1, 0.15) is 11.9 Å². The van der Waals surface area contributed by atoms with Gasteiger partial charge in [-0.05, 0) is 18.2 Å². The molecule has 0 aliphatic rings. The molecule has 0 saturated heterocycles. The number of rotatable bonds is 2. The van der Waals surface area contributed by atoms with Crippen molar-refractivity contribution < 1.29 is 15.3 Å². The Morgan fingerprint density at radius 1 is 1.18 bits per heavy atom. The maximum Gasteiger partial charge on any atom is 0.220 e. The summed E-state index contributed by atoms with van der Waals surface area (Å²) in [5.74, 6) is 0.0596. The molecule has 88 valence electrons. The normalized spacial score (nSPS) is 10.8. The van der Waals surface area contributed by atoms with Crippen molar-refractivity contribution in [3.05, 3.63) is 36.0 Å². The number of phenolic OH excluding ortho intramolecular Hbond substituents is 1. The van der Waals surface area contributed by atoms with E-state index >= 15 is 0 Å². The van der Waals surface area contributed by atoms with Crippen molar-refractivity contribution in [3.63, 3.8) is 0 Å². The Morgan fingerprint density at radius 2 is 1.94 bits per heavy atom. The molecule has 5 N–H and O–H groups in total. The van der Waals surface area contributed by atoms with Crippen LogP contribution in [0.2, 0.25) is 0 Å². The molecule has 0 fully saturated rings. The zero-order valence-corrected chi connectivity index (χ0v) is 8.78. The second-order valence-electron chi connectivity index (χ2n) is 3.45. The number of aromatic hydroxyl groups is 1. The van der Waals surface area contributed by atoms with Crippen LogP contribution in [0.25, 0.3) is 11.3 Å². The van der Waals surface area contributed by atoms with Gasteiger partial charge < -0.3 is 21.1 Å². The molecule has 1 aromatic carbocycles. The monoisotopic (exact) mass is 233 g/mol. The molecule has 0 spiro atoms. The molecule has 1 aromatic heterocycles. The highest BCUT2D eigenvalue weighted by Gasteiger charge is 2.10. The fourth-order valence-electron chi connectivity index (χ4n) is 1.44. The van der Waals surface area contributed by atoms with Crippen LogP contribution in [0.15, 0.2) is 30.5 Å². The number of hydrogen-bond donors (Lipinski definition) is 4. The first-order valence-corrected chi connectivity index (χ1v) is 4.86. The molecule has 1 heterocycles. The van der Waals surface area contributed by atoms with E-state index in [1.54, 1.807) is 6.07 Å². The van der Waals surface area contributed by atoms with Gasteiger partial charge in [0.25, 0.3) is 0 Å². The fourth-order valence-corrected chi connectivity index (χ4v) is 1.44. The molecule has 0 aliphatic carbocycles. The zero-order valence-electron chi connectivity index (χ0n) is 8.78. The highest BCUT2D eigenvalue weighted by atomic mass is 16.5. The van der Waals surface area contributed by atoms with Gasteiger partial charge in [0.05, 0.1) is 5.69 Å². The highest BCUT2D eigenvalue weighted by Crippen LogP contribution is 2.30. The van der Waals surface area contributed by atoms with Gasteiger partial charge in [-0.25, -0.2) is 9.97 Å². The number of benzene rings is 1. The van der Waals surface area contributed by atoms with Gasteiger partial charge in [-0.3, -0.25) is 0 Å². The van der Waals surface area contributed by atoms with Crippen molar-refractivity contribution in [3.8, 4) is 17.0 Å². The Balaban J connectivity index is 2.54. The van der Waals surface area contributed by atoms with Crippen molar-refractivity contribution >= 4 is 5.95 Å². The molecule has 0 amide bonds. The Morgan fingerprint density at radius 3 is 2.59 bits per heavy atom. The molecule has 6 heteroatoms. The maximum atomic E-state index is 9.70. The first-order chi connectivity index (χ1) is 8.08. The van der Waals surface area contributed by atoms with Crippen molar-refractivity contribution in [1.82, 2.24) is 9.97 Å². The topological polar surface area (TPSA) is 112 Å². The third-order valence-electron chi connectivity index (χ3n) is 2.27. The van der Waals surface area contributed by atoms with Crippen molar-refractivity contribution in [1.29, 1.82) is 0 Å². The van der Waals surface area contributed by atoms with Crippen LogP contribution >= 0.6 is 0 Å². The zero-order chi connectivity index (χ0) is 12.4. The van der Waals surface area contributed by atoms with E-state index < -0.39 is 6.29 Å². The van der Waals surface area contributed by atoms with Crippen LogP contribution in [0.4, 0.5) is 5.95 Å². The molecular formula is C11H11N3O3. The van der Waals surface area contributed by atoms with E-state index in [4.69, 9.17) is 15.9 Å².